The van der Waals surface area contributed by atoms with Crippen molar-refractivity contribution in [3.63, 3.8) is 0 Å². The third-order valence-electron chi connectivity index (χ3n) is 5.13. The van der Waals surface area contributed by atoms with E-state index in [4.69, 9.17) is 4.74 Å². The van der Waals surface area contributed by atoms with Crippen molar-refractivity contribution in [1.82, 2.24) is 14.9 Å². The maximum absolute atomic E-state index is 13.1. The fraction of sp³-hybridized carbons (Fsp3) is 0.318. The van der Waals surface area contributed by atoms with Crippen molar-refractivity contribution in [1.29, 1.82) is 0 Å². The lowest BCUT2D eigenvalue weighted by atomic mass is 10.1. The number of rotatable bonds is 5. The Morgan fingerprint density at radius 2 is 2.00 bits per heavy atom. The first-order valence-electron chi connectivity index (χ1n) is 9.73. The molecule has 0 unspecified atom stereocenters. The maximum Gasteiger partial charge on any atom is 0.258 e. The molecule has 0 aliphatic carbocycles. The monoisotopic (exact) mass is 395 g/mol. The molecule has 1 fully saturated rings. The number of aryl methyl sites for hydroxylation is 1. The Morgan fingerprint density at radius 1 is 1.21 bits per heavy atom. The zero-order chi connectivity index (χ0) is 20.2. The van der Waals surface area contributed by atoms with Crippen molar-refractivity contribution in [2.45, 2.75) is 25.4 Å². The largest absolute Gasteiger partial charge is 0.370 e. The van der Waals surface area contributed by atoms with E-state index in [0.29, 0.717) is 55.7 Å². The number of hydrogen-bond acceptors (Lipinski definition) is 4. The lowest BCUT2D eigenvalue weighted by molar-refractivity contribution is -0.139. The quantitative estimate of drug-likeness (QED) is 0.721. The van der Waals surface area contributed by atoms with Gasteiger partial charge in [-0.1, -0.05) is 24.3 Å². The molecule has 7 heteroatoms. The number of morpholine rings is 1. The number of carbonyl (C=O) groups is 1. The number of benzene rings is 2. The van der Waals surface area contributed by atoms with Crippen LogP contribution in [0, 0.1) is 5.82 Å². The predicted molar refractivity (Wildman–Crippen MR) is 107 cm³/mol. The van der Waals surface area contributed by atoms with Crippen molar-refractivity contribution in [3.05, 3.63) is 76.1 Å². The van der Waals surface area contributed by atoms with Crippen LogP contribution in [0.25, 0.3) is 10.9 Å². The standard InChI is InChI=1S/C22H22FN3O3/c23-16-10-8-15(9-11-16)19-14-26(12-13-29-19)21(27)7-3-6-20-24-18-5-2-1-4-17(18)22(28)25-20/h1-2,4-5,8-11,19H,3,6-7,12-14H2,(H,24,25,28)/t19-/m0/s1. The van der Waals surface area contributed by atoms with Crippen LogP contribution in [0.15, 0.2) is 53.3 Å². The number of aromatic amines is 1. The Balaban J connectivity index is 1.33. The predicted octanol–water partition coefficient (Wildman–Crippen LogP) is 2.99. The van der Waals surface area contributed by atoms with Gasteiger partial charge in [-0.15, -0.1) is 0 Å². The van der Waals surface area contributed by atoms with E-state index in [0.717, 1.165) is 5.56 Å². The number of fused-ring (bicyclic) bond motifs is 1. The summed E-state index contributed by atoms with van der Waals surface area (Å²) in [6, 6.07) is 13.4. The fourth-order valence-electron chi connectivity index (χ4n) is 3.57. The smallest absolute Gasteiger partial charge is 0.258 e. The molecule has 29 heavy (non-hydrogen) atoms. The average molecular weight is 395 g/mol. The molecule has 1 aliphatic heterocycles. The molecule has 1 atom stereocenters. The second kappa shape index (κ2) is 8.53. The van der Waals surface area contributed by atoms with Crippen LogP contribution in [0.5, 0.6) is 0 Å². The normalized spacial score (nSPS) is 16.9. The Bertz CT molecular complexity index is 1060. The van der Waals surface area contributed by atoms with Crippen LogP contribution >= 0.6 is 0 Å². The second-order valence-electron chi connectivity index (χ2n) is 7.13. The molecule has 0 spiro atoms. The topological polar surface area (TPSA) is 75.3 Å². The number of amides is 1. The lowest BCUT2D eigenvalue weighted by Crippen LogP contribution is -2.42. The Hall–Kier alpha value is -3.06. The molecule has 1 aromatic heterocycles. The number of ether oxygens (including phenoxy) is 1. The molecule has 4 rings (SSSR count). The number of nitrogens with one attached hydrogen (secondary N) is 1. The van der Waals surface area contributed by atoms with Crippen molar-refractivity contribution >= 4 is 16.8 Å². The van der Waals surface area contributed by atoms with Gasteiger partial charge in [0.15, 0.2) is 0 Å². The molecule has 2 heterocycles. The Labute approximate surface area is 167 Å². The van der Waals surface area contributed by atoms with Gasteiger partial charge in [0.25, 0.3) is 5.56 Å². The van der Waals surface area contributed by atoms with Crippen LogP contribution in [-0.4, -0.2) is 40.5 Å². The van der Waals surface area contributed by atoms with Crippen LogP contribution < -0.4 is 5.56 Å². The lowest BCUT2D eigenvalue weighted by Gasteiger charge is -2.33. The van der Waals surface area contributed by atoms with Crippen LogP contribution in [-0.2, 0) is 16.0 Å². The SMILES string of the molecule is O=C(CCCc1nc2ccccc2c(=O)[nH]1)N1CCO[C@H](c2ccc(F)cc2)C1. The molecule has 1 amide bonds. The zero-order valence-corrected chi connectivity index (χ0v) is 15.9. The zero-order valence-electron chi connectivity index (χ0n) is 15.9. The van der Waals surface area contributed by atoms with Crippen LogP contribution in [0.1, 0.15) is 30.3 Å². The number of nitrogens with zero attached hydrogens (tertiary/aromatic N) is 2. The highest BCUT2D eigenvalue weighted by Crippen LogP contribution is 2.23. The Kier molecular flexibility index (Phi) is 5.67. The molecule has 0 radical (unpaired) electrons. The van der Waals surface area contributed by atoms with Crippen molar-refractivity contribution in [2.75, 3.05) is 19.7 Å². The van der Waals surface area contributed by atoms with Gasteiger partial charge in [-0.2, -0.15) is 0 Å². The number of halogens is 1. The summed E-state index contributed by atoms with van der Waals surface area (Å²) in [7, 11) is 0. The molecule has 6 nitrogen and oxygen atoms in total. The number of aromatic nitrogens is 2. The Morgan fingerprint density at radius 3 is 2.83 bits per heavy atom. The summed E-state index contributed by atoms with van der Waals surface area (Å²) >= 11 is 0. The first kappa shape index (κ1) is 19.3. The number of para-hydroxylation sites is 1. The minimum absolute atomic E-state index is 0.0450. The van der Waals surface area contributed by atoms with Gasteiger partial charge in [0, 0.05) is 19.4 Å². The van der Waals surface area contributed by atoms with Gasteiger partial charge in [0.1, 0.15) is 17.7 Å². The van der Waals surface area contributed by atoms with Crippen LogP contribution in [0.2, 0.25) is 0 Å². The molecule has 3 aromatic rings. The minimum Gasteiger partial charge on any atom is -0.370 e. The maximum atomic E-state index is 13.1. The van der Waals surface area contributed by atoms with E-state index in [2.05, 4.69) is 9.97 Å². The molecule has 1 saturated heterocycles. The molecule has 1 N–H and O–H groups in total. The highest BCUT2D eigenvalue weighted by atomic mass is 19.1. The summed E-state index contributed by atoms with van der Waals surface area (Å²) in [5.41, 5.74) is 1.36. The summed E-state index contributed by atoms with van der Waals surface area (Å²) in [4.78, 5) is 33.8. The first-order chi connectivity index (χ1) is 14.1. The van der Waals surface area contributed by atoms with Crippen molar-refractivity contribution in [2.24, 2.45) is 0 Å². The summed E-state index contributed by atoms with van der Waals surface area (Å²) in [5.74, 6) is 0.342. The highest BCUT2D eigenvalue weighted by Gasteiger charge is 2.25. The summed E-state index contributed by atoms with van der Waals surface area (Å²) in [5, 5.41) is 0.562. The third-order valence-corrected chi connectivity index (χ3v) is 5.13. The van der Waals surface area contributed by atoms with Gasteiger partial charge in [0.2, 0.25) is 5.91 Å². The molecule has 2 aromatic carbocycles. The van der Waals surface area contributed by atoms with Crippen LogP contribution in [0.4, 0.5) is 4.39 Å². The average Bonchev–Trinajstić information content (AvgIpc) is 2.74. The van der Waals surface area contributed by atoms with E-state index in [1.54, 1.807) is 29.2 Å². The molecular formula is C22H22FN3O3. The second-order valence-corrected chi connectivity index (χ2v) is 7.13. The van der Waals surface area contributed by atoms with E-state index < -0.39 is 0 Å². The van der Waals surface area contributed by atoms with Gasteiger partial charge in [-0.05, 0) is 36.2 Å². The number of carbonyl (C=O) groups excluding carboxylic acids is 1. The summed E-state index contributed by atoms with van der Waals surface area (Å²) < 4.78 is 18.9. The molecule has 0 bridgehead atoms. The van der Waals surface area contributed by atoms with E-state index in [9.17, 15) is 14.0 Å². The number of H-pyrrole nitrogens is 1. The minimum atomic E-state index is -0.294. The van der Waals surface area contributed by atoms with E-state index in [1.165, 1.54) is 12.1 Å². The van der Waals surface area contributed by atoms with Gasteiger partial charge in [-0.25, -0.2) is 9.37 Å². The number of hydrogen-bond donors (Lipinski definition) is 1. The fourth-order valence-corrected chi connectivity index (χ4v) is 3.57. The molecule has 150 valence electrons. The van der Waals surface area contributed by atoms with Crippen molar-refractivity contribution in [3.8, 4) is 0 Å². The third kappa shape index (κ3) is 4.51. The van der Waals surface area contributed by atoms with E-state index >= 15 is 0 Å². The molecule has 0 saturated carbocycles. The van der Waals surface area contributed by atoms with Gasteiger partial charge >= 0.3 is 0 Å². The molecule has 1 aliphatic rings. The van der Waals surface area contributed by atoms with E-state index in [-0.39, 0.29) is 23.4 Å². The molecular weight excluding hydrogens is 373 g/mol. The summed E-state index contributed by atoms with van der Waals surface area (Å²) in [6.45, 7) is 1.45. The van der Waals surface area contributed by atoms with E-state index in [1.807, 2.05) is 12.1 Å². The van der Waals surface area contributed by atoms with Crippen molar-refractivity contribution < 1.29 is 13.9 Å². The van der Waals surface area contributed by atoms with Gasteiger partial charge < -0.3 is 14.6 Å². The van der Waals surface area contributed by atoms with Gasteiger partial charge in [-0.3, -0.25) is 9.59 Å². The first-order valence-corrected chi connectivity index (χ1v) is 9.73. The highest BCUT2D eigenvalue weighted by molar-refractivity contribution is 5.77. The van der Waals surface area contributed by atoms with Crippen LogP contribution in [0.3, 0.4) is 0 Å². The summed E-state index contributed by atoms with van der Waals surface area (Å²) in [6.07, 6.45) is 1.25. The van der Waals surface area contributed by atoms with Gasteiger partial charge in [0.05, 0.1) is 24.1 Å².